The molecule has 1 atom stereocenters. The van der Waals surface area contributed by atoms with E-state index in [1.165, 1.54) is 0 Å². The minimum Gasteiger partial charge on any atom is -0.494 e. The van der Waals surface area contributed by atoms with Crippen LogP contribution in [-0.4, -0.2) is 31.1 Å². The van der Waals surface area contributed by atoms with Crippen LogP contribution in [0.15, 0.2) is 18.2 Å². The quantitative estimate of drug-likeness (QED) is 0.862. The summed E-state index contributed by atoms with van der Waals surface area (Å²) in [7, 11) is 1.60. The third-order valence-electron chi connectivity index (χ3n) is 2.75. The molecule has 1 heterocycles. The molecule has 4 nitrogen and oxygen atoms in total. The molecule has 2 N–H and O–H groups in total. The highest BCUT2D eigenvalue weighted by atomic mass is 32.2. The lowest BCUT2D eigenvalue weighted by molar-refractivity contribution is -0.117. The van der Waals surface area contributed by atoms with Gasteiger partial charge in [0, 0.05) is 0 Å². The molecule has 0 aliphatic carbocycles. The molecule has 1 unspecified atom stereocenters. The van der Waals surface area contributed by atoms with Gasteiger partial charge in [-0.1, -0.05) is 6.07 Å². The molecule has 1 aromatic carbocycles. The number of rotatable bonds is 4. The molecule has 0 fully saturated rings. The number of carbonyl (C=O) groups excluding carboxylic acids is 1. The van der Waals surface area contributed by atoms with Crippen molar-refractivity contribution in [3.63, 3.8) is 0 Å². The van der Waals surface area contributed by atoms with Gasteiger partial charge in [-0.3, -0.25) is 4.79 Å². The summed E-state index contributed by atoms with van der Waals surface area (Å²) < 4.78 is 5.22. The van der Waals surface area contributed by atoms with Gasteiger partial charge in [-0.2, -0.15) is 11.8 Å². The Kier molecular flexibility index (Phi) is 3.78. The number of amides is 1. The SMILES string of the molecule is COc1cccc2c1NC(=O)C(CCSC)N2. The number of anilines is 2. The second-order valence-corrected chi connectivity index (χ2v) is 4.84. The number of benzene rings is 1. The van der Waals surface area contributed by atoms with Crippen molar-refractivity contribution >= 4 is 29.0 Å². The molecule has 0 saturated carbocycles. The van der Waals surface area contributed by atoms with E-state index in [1.54, 1.807) is 18.9 Å². The fourth-order valence-electron chi connectivity index (χ4n) is 1.85. The van der Waals surface area contributed by atoms with Crippen LogP contribution in [0, 0.1) is 0 Å². The maximum absolute atomic E-state index is 11.9. The second-order valence-electron chi connectivity index (χ2n) is 3.85. The van der Waals surface area contributed by atoms with Gasteiger partial charge in [0.25, 0.3) is 0 Å². The van der Waals surface area contributed by atoms with Crippen LogP contribution in [-0.2, 0) is 4.79 Å². The standard InChI is InChI=1S/C12H16N2O2S/c1-16-10-5-3-4-8-11(10)14-12(15)9(13-8)6-7-17-2/h3-5,9,13H,6-7H2,1-2H3,(H,14,15). The van der Waals surface area contributed by atoms with Gasteiger partial charge in [0.2, 0.25) is 5.91 Å². The highest BCUT2D eigenvalue weighted by Gasteiger charge is 2.26. The Balaban J connectivity index is 2.21. The van der Waals surface area contributed by atoms with Gasteiger partial charge in [0.15, 0.2) is 0 Å². The monoisotopic (exact) mass is 252 g/mol. The Morgan fingerprint density at radius 3 is 3.00 bits per heavy atom. The topological polar surface area (TPSA) is 50.4 Å². The van der Waals surface area contributed by atoms with Gasteiger partial charge in [-0.15, -0.1) is 0 Å². The van der Waals surface area contributed by atoms with E-state index in [0.29, 0.717) is 5.75 Å². The van der Waals surface area contributed by atoms with Crippen molar-refractivity contribution < 1.29 is 9.53 Å². The summed E-state index contributed by atoms with van der Waals surface area (Å²) in [6, 6.07) is 5.54. The van der Waals surface area contributed by atoms with Crippen molar-refractivity contribution in [2.45, 2.75) is 12.5 Å². The predicted octanol–water partition coefficient (Wildman–Crippen LogP) is 2.18. The van der Waals surface area contributed by atoms with Crippen molar-refractivity contribution in [1.29, 1.82) is 0 Å². The lowest BCUT2D eigenvalue weighted by Crippen LogP contribution is -2.39. The summed E-state index contributed by atoms with van der Waals surface area (Å²) in [6.45, 7) is 0. The second kappa shape index (κ2) is 5.31. The van der Waals surface area contributed by atoms with Crippen LogP contribution in [0.4, 0.5) is 11.4 Å². The summed E-state index contributed by atoms with van der Waals surface area (Å²) in [5.74, 6) is 1.66. The van der Waals surface area contributed by atoms with Gasteiger partial charge in [-0.25, -0.2) is 0 Å². The Hall–Kier alpha value is -1.36. The number of nitrogens with one attached hydrogen (secondary N) is 2. The molecule has 5 heteroatoms. The molecule has 2 rings (SSSR count). The third kappa shape index (κ3) is 2.49. The Labute approximate surface area is 105 Å². The maximum atomic E-state index is 11.9. The Morgan fingerprint density at radius 1 is 1.47 bits per heavy atom. The molecule has 0 bridgehead atoms. The zero-order chi connectivity index (χ0) is 12.3. The van der Waals surface area contributed by atoms with Crippen molar-refractivity contribution in [2.24, 2.45) is 0 Å². The van der Waals surface area contributed by atoms with E-state index in [1.807, 2.05) is 24.5 Å². The van der Waals surface area contributed by atoms with E-state index in [0.717, 1.165) is 23.5 Å². The first kappa shape index (κ1) is 12.1. The van der Waals surface area contributed by atoms with E-state index >= 15 is 0 Å². The molecule has 0 spiro atoms. The molecule has 0 aromatic heterocycles. The van der Waals surface area contributed by atoms with Crippen molar-refractivity contribution in [3.8, 4) is 5.75 Å². The fourth-order valence-corrected chi connectivity index (χ4v) is 2.32. The first-order chi connectivity index (χ1) is 8.26. The fraction of sp³-hybridized carbons (Fsp3) is 0.417. The number of methoxy groups -OCH3 is 1. The van der Waals surface area contributed by atoms with Crippen molar-refractivity contribution in [2.75, 3.05) is 29.8 Å². The van der Waals surface area contributed by atoms with Gasteiger partial charge < -0.3 is 15.4 Å². The van der Waals surface area contributed by atoms with Gasteiger partial charge in [-0.05, 0) is 30.6 Å². The average Bonchev–Trinajstić information content (AvgIpc) is 2.35. The minimum atomic E-state index is -0.151. The van der Waals surface area contributed by atoms with E-state index in [4.69, 9.17) is 4.74 Å². The van der Waals surface area contributed by atoms with Gasteiger partial charge >= 0.3 is 0 Å². The van der Waals surface area contributed by atoms with Crippen LogP contribution >= 0.6 is 11.8 Å². The van der Waals surface area contributed by atoms with Crippen LogP contribution in [0.3, 0.4) is 0 Å². The van der Waals surface area contributed by atoms with E-state index < -0.39 is 0 Å². The molecule has 1 amide bonds. The van der Waals surface area contributed by atoms with Crippen molar-refractivity contribution in [3.05, 3.63) is 18.2 Å². The van der Waals surface area contributed by atoms with Crippen LogP contribution in [0.1, 0.15) is 6.42 Å². The predicted molar refractivity (Wildman–Crippen MR) is 72.0 cm³/mol. The van der Waals surface area contributed by atoms with Crippen LogP contribution in [0.2, 0.25) is 0 Å². The number of carbonyl (C=O) groups is 1. The first-order valence-electron chi connectivity index (χ1n) is 5.49. The number of ether oxygens (including phenoxy) is 1. The summed E-state index contributed by atoms with van der Waals surface area (Å²) in [6.07, 6.45) is 2.86. The third-order valence-corrected chi connectivity index (χ3v) is 3.40. The van der Waals surface area contributed by atoms with Crippen LogP contribution < -0.4 is 15.4 Å². The van der Waals surface area contributed by atoms with E-state index in [2.05, 4.69) is 10.6 Å². The molecule has 0 radical (unpaired) electrons. The highest BCUT2D eigenvalue weighted by molar-refractivity contribution is 7.98. The first-order valence-corrected chi connectivity index (χ1v) is 6.89. The van der Waals surface area contributed by atoms with Gasteiger partial charge in [0.1, 0.15) is 17.5 Å². The number of para-hydroxylation sites is 1. The van der Waals surface area contributed by atoms with E-state index in [-0.39, 0.29) is 11.9 Å². The summed E-state index contributed by atoms with van der Waals surface area (Å²) in [5, 5.41) is 6.15. The van der Waals surface area contributed by atoms with Gasteiger partial charge in [0.05, 0.1) is 12.8 Å². The van der Waals surface area contributed by atoms with E-state index in [9.17, 15) is 4.79 Å². The Morgan fingerprint density at radius 2 is 2.29 bits per heavy atom. The molecule has 1 aromatic rings. The Bertz CT molecular complexity index is 423. The van der Waals surface area contributed by atoms with Crippen LogP contribution in [0.25, 0.3) is 0 Å². The summed E-state index contributed by atoms with van der Waals surface area (Å²) >= 11 is 1.74. The molecule has 1 aliphatic rings. The average molecular weight is 252 g/mol. The molecule has 17 heavy (non-hydrogen) atoms. The normalized spacial score (nSPS) is 18.0. The molecule has 92 valence electrons. The maximum Gasteiger partial charge on any atom is 0.247 e. The summed E-state index contributed by atoms with van der Waals surface area (Å²) in [4.78, 5) is 11.9. The zero-order valence-electron chi connectivity index (χ0n) is 9.95. The number of thioether (sulfide) groups is 1. The minimum absolute atomic E-state index is 0.0102. The molecule has 1 aliphatic heterocycles. The molecular weight excluding hydrogens is 236 g/mol. The lowest BCUT2D eigenvalue weighted by Gasteiger charge is -2.27. The summed E-state index contributed by atoms with van der Waals surface area (Å²) in [5.41, 5.74) is 1.66. The zero-order valence-corrected chi connectivity index (χ0v) is 10.8. The number of hydrogen-bond donors (Lipinski definition) is 2. The molecular formula is C12H16N2O2S. The lowest BCUT2D eigenvalue weighted by atomic mass is 10.1. The molecule has 0 saturated heterocycles. The number of fused-ring (bicyclic) bond motifs is 1. The smallest absolute Gasteiger partial charge is 0.247 e. The largest absolute Gasteiger partial charge is 0.494 e. The van der Waals surface area contributed by atoms with Crippen LogP contribution in [0.5, 0.6) is 5.75 Å². The number of hydrogen-bond acceptors (Lipinski definition) is 4. The highest BCUT2D eigenvalue weighted by Crippen LogP contribution is 2.35. The van der Waals surface area contributed by atoms with Crippen molar-refractivity contribution in [1.82, 2.24) is 0 Å².